The van der Waals surface area contributed by atoms with E-state index < -0.39 is 11.9 Å². The fraction of sp³-hybridized carbons (Fsp3) is 0.261. The monoisotopic (exact) mass is 464 g/mol. The zero-order valence-corrected chi connectivity index (χ0v) is 18.7. The summed E-state index contributed by atoms with van der Waals surface area (Å²) in [4.78, 5) is 29.4. The third-order valence-corrected chi connectivity index (χ3v) is 7.47. The molecule has 0 unspecified atom stereocenters. The number of nitrogens with one attached hydrogen (secondary N) is 1. The van der Waals surface area contributed by atoms with Gasteiger partial charge in [0, 0.05) is 5.92 Å². The molecule has 2 aromatic rings. The van der Waals surface area contributed by atoms with Crippen LogP contribution < -0.4 is 4.74 Å². The molecule has 0 radical (unpaired) electrons. The van der Waals surface area contributed by atoms with Crippen molar-refractivity contribution in [2.45, 2.75) is 32.1 Å². The normalized spacial score (nSPS) is 20.2. The van der Waals surface area contributed by atoms with E-state index in [-0.39, 0.29) is 11.4 Å². The first-order valence-corrected chi connectivity index (χ1v) is 12.1. The summed E-state index contributed by atoms with van der Waals surface area (Å²) < 4.78 is 5.36. The van der Waals surface area contributed by atoms with Gasteiger partial charge < -0.3 is 4.74 Å². The Morgan fingerprint density at radius 1 is 1.16 bits per heavy atom. The minimum absolute atomic E-state index is 0.0338. The van der Waals surface area contributed by atoms with Crippen molar-refractivity contribution < 1.29 is 14.3 Å². The van der Waals surface area contributed by atoms with Crippen LogP contribution in [0.15, 0.2) is 57.4 Å². The van der Waals surface area contributed by atoms with Crippen LogP contribution in [-0.2, 0) is 4.79 Å². The molecule has 0 saturated heterocycles. The van der Waals surface area contributed by atoms with Gasteiger partial charge in [-0.3, -0.25) is 10.2 Å². The Balaban J connectivity index is 1.32. The first kappa shape index (κ1) is 20.8. The number of carbonyl (C=O) groups excluding carboxylic acids is 2. The first-order chi connectivity index (χ1) is 15.6. The Hall–Kier alpha value is -3.04. The Morgan fingerprint density at radius 2 is 1.94 bits per heavy atom. The molecule has 3 heterocycles. The number of benzene rings is 1. The van der Waals surface area contributed by atoms with Crippen molar-refractivity contribution >= 4 is 57.1 Å². The second-order valence-electron chi connectivity index (χ2n) is 7.73. The Kier molecular flexibility index (Phi) is 5.75. The highest BCUT2D eigenvalue weighted by molar-refractivity contribution is 8.27. The fourth-order valence-corrected chi connectivity index (χ4v) is 5.53. The van der Waals surface area contributed by atoms with Crippen LogP contribution in [0.5, 0.6) is 5.75 Å². The molecule has 3 aliphatic rings. The van der Waals surface area contributed by atoms with Crippen molar-refractivity contribution in [3.63, 3.8) is 0 Å². The molecule has 0 bridgehead atoms. The van der Waals surface area contributed by atoms with Gasteiger partial charge in [0.25, 0.3) is 5.91 Å². The molecule has 5 rings (SSSR count). The van der Waals surface area contributed by atoms with Gasteiger partial charge in [-0.1, -0.05) is 37.5 Å². The predicted octanol–water partition coefficient (Wildman–Crippen LogP) is 5.17. The summed E-state index contributed by atoms with van der Waals surface area (Å²) in [5, 5.41) is 17.9. The number of aliphatic imine (C=N–C) groups is 1. The van der Waals surface area contributed by atoms with Crippen LogP contribution in [0.2, 0.25) is 0 Å². The number of hydrogen-bond donors (Lipinski definition) is 1. The van der Waals surface area contributed by atoms with E-state index in [0.29, 0.717) is 27.3 Å². The molecule has 7 nitrogen and oxygen atoms in total. The van der Waals surface area contributed by atoms with Gasteiger partial charge in [0.05, 0.1) is 5.57 Å². The van der Waals surface area contributed by atoms with E-state index in [9.17, 15) is 9.59 Å². The van der Waals surface area contributed by atoms with Gasteiger partial charge in [0.15, 0.2) is 5.84 Å². The number of amidine groups is 2. The van der Waals surface area contributed by atoms with Crippen LogP contribution in [-0.4, -0.2) is 32.9 Å². The zero-order valence-electron chi connectivity index (χ0n) is 17.1. The Bertz CT molecular complexity index is 1160. The summed E-state index contributed by atoms with van der Waals surface area (Å²) in [5.74, 6) is -0.0145. The number of thioether (sulfide) groups is 1. The summed E-state index contributed by atoms with van der Waals surface area (Å²) in [6.45, 7) is 0. The molecule has 0 spiro atoms. The molecule has 2 aliphatic heterocycles. The quantitative estimate of drug-likeness (QED) is 0.383. The average molecular weight is 465 g/mol. The van der Waals surface area contributed by atoms with E-state index >= 15 is 0 Å². The maximum absolute atomic E-state index is 12.6. The van der Waals surface area contributed by atoms with E-state index in [4.69, 9.17) is 10.1 Å². The lowest BCUT2D eigenvalue weighted by atomic mass is 9.90. The molecule has 1 fully saturated rings. The second-order valence-corrected chi connectivity index (χ2v) is 9.66. The average Bonchev–Trinajstić information content (AvgIpc) is 3.49. The zero-order chi connectivity index (χ0) is 22.1. The molecular formula is C23H20N4O3S2. The number of ether oxygens (including phenoxy) is 1. The van der Waals surface area contributed by atoms with Gasteiger partial charge in [-0.2, -0.15) is 15.1 Å². The van der Waals surface area contributed by atoms with Gasteiger partial charge in [0.2, 0.25) is 5.17 Å². The van der Waals surface area contributed by atoms with Crippen LogP contribution in [0.25, 0.3) is 6.08 Å². The smallest absolute Gasteiger partial charge is 0.353 e. The second kappa shape index (κ2) is 8.84. The largest absolute Gasteiger partial charge is 0.422 e. The van der Waals surface area contributed by atoms with Crippen LogP contribution in [0.4, 0.5) is 0 Å². The standard InChI is InChI=1S/C23H20N4O3S2/c24-19-17(13-14-8-10-16(11-9-14)30-22(29)18-7-4-12-31-18)20(28)25-23-27(19)26-21(32-23)15-5-2-1-3-6-15/h4,7-13,15,24H,1-3,5-6H2/b17-13+,24-19?. The highest BCUT2D eigenvalue weighted by Crippen LogP contribution is 2.36. The topological polar surface area (TPSA) is 95.2 Å². The molecular weight excluding hydrogens is 444 g/mol. The maximum Gasteiger partial charge on any atom is 0.353 e. The Morgan fingerprint density at radius 3 is 2.66 bits per heavy atom. The predicted molar refractivity (Wildman–Crippen MR) is 127 cm³/mol. The van der Waals surface area contributed by atoms with E-state index in [1.54, 1.807) is 42.5 Å². The van der Waals surface area contributed by atoms with Crippen LogP contribution >= 0.6 is 23.1 Å². The van der Waals surface area contributed by atoms with E-state index in [0.717, 1.165) is 17.9 Å². The lowest BCUT2D eigenvalue weighted by Gasteiger charge is -2.20. The van der Waals surface area contributed by atoms with Crippen molar-refractivity contribution in [2.75, 3.05) is 0 Å². The van der Waals surface area contributed by atoms with Crippen LogP contribution in [0.3, 0.4) is 0 Å². The number of thiophene rings is 1. The minimum Gasteiger partial charge on any atom is -0.422 e. The maximum atomic E-state index is 12.6. The SMILES string of the molecule is N=C1/C(=C\c2ccc(OC(=O)c3cccs3)cc2)C(=O)N=C2SC(C3CCCCC3)=NN12. The van der Waals surface area contributed by atoms with Gasteiger partial charge in [-0.25, -0.2) is 4.79 Å². The number of nitrogens with zero attached hydrogens (tertiary/aromatic N) is 3. The summed E-state index contributed by atoms with van der Waals surface area (Å²) in [6, 6.07) is 10.3. The molecule has 1 N–H and O–H groups in total. The molecule has 1 aromatic heterocycles. The third-order valence-electron chi connectivity index (χ3n) is 5.55. The number of fused-ring (bicyclic) bond motifs is 1. The molecule has 0 atom stereocenters. The molecule has 1 aliphatic carbocycles. The van der Waals surface area contributed by atoms with Crippen LogP contribution in [0.1, 0.15) is 47.3 Å². The lowest BCUT2D eigenvalue weighted by Crippen LogP contribution is -2.35. The van der Waals surface area contributed by atoms with Crippen LogP contribution in [0, 0.1) is 11.3 Å². The van der Waals surface area contributed by atoms with E-state index in [1.807, 2.05) is 5.38 Å². The lowest BCUT2D eigenvalue weighted by molar-refractivity contribution is -0.114. The molecule has 9 heteroatoms. The van der Waals surface area contributed by atoms with Gasteiger partial charge >= 0.3 is 5.97 Å². The molecule has 1 aromatic carbocycles. The fourth-order valence-electron chi connectivity index (χ4n) is 3.87. The molecule has 32 heavy (non-hydrogen) atoms. The molecule has 1 saturated carbocycles. The number of hydrazone groups is 1. The summed E-state index contributed by atoms with van der Waals surface area (Å²) in [5.41, 5.74) is 0.891. The van der Waals surface area contributed by atoms with Crippen molar-refractivity contribution in [3.8, 4) is 5.75 Å². The highest BCUT2D eigenvalue weighted by Gasteiger charge is 2.37. The Labute approximate surface area is 193 Å². The van der Waals surface area contributed by atoms with Crippen molar-refractivity contribution in [1.82, 2.24) is 5.01 Å². The number of esters is 1. The van der Waals surface area contributed by atoms with Gasteiger partial charge in [-0.05, 0) is 59.8 Å². The van der Waals surface area contributed by atoms with Crippen molar-refractivity contribution in [1.29, 1.82) is 5.41 Å². The summed E-state index contributed by atoms with van der Waals surface area (Å²) in [7, 11) is 0. The first-order valence-electron chi connectivity index (χ1n) is 10.4. The number of rotatable bonds is 4. The van der Waals surface area contributed by atoms with E-state index in [1.165, 1.54) is 47.4 Å². The van der Waals surface area contributed by atoms with E-state index in [2.05, 4.69) is 10.1 Å². The highest BCUT2D eigenvalue weighted by atomic mass is 32.2. The molecule has 1 amide bonds. The summed E-state index contributed by atoms with van der Waals surface area (Å²) >= 11 is 2.73. The number of hydrogen-bond acceptors (Lipinski definition) is 7. The number of carbonyl (C=O) groups is 2. The van der Waals surface area contributed by atoms with Crippen molar-refractivity contribution in [3.05, 3.63) is 57.8 Å². The summed E-state index contributed by atoms with van der Waals surface area (Å²) in [6.07, 6.45) is 7.45. The van der Waals surface area contributed by atoms with Gasteiger partial charge in [0.1, 0.15) is 15.7 Å². The third kappa shape index (κ3) is 4.18. The van der Waals surface area contributed by atoms with Gasteiger partial charge in [-0.15, -0.1) is 11.3 Å². The minimum atomic E-state index is -0.443. The number of amides is 1. The molecule has 162 valence electrons. The van der Waals surface area contributed by atoms with Crippen molar-refractivity contribution in [2.24, 2.45) is 16.0 Å².